The summed E-state index contributed by atoms with van der Waals surface area (Å²) in [7, 11) is 0.693. The Morgan fingerprint density at radius 1 is 1.12 bits per heavy atom. The zero-order valence-electron chi connectivity index (χ0n) is 20.6. The maximum absolute atomic E-state index is 12.3. The molecule has 0 saturated carbocycles. The first-order chi connectivity index (χ1) is 15.2. The molecule has 0 unspecified atom stereocenters. The average Bonchev–Trinajstić information content (AvgIpc) is 3.14. The molecule has 0 spiro atoms. The van der Waals surface area contributed by atoms with E-state index in [1.54, 1.807) is 17.0 Å². The van der Waals surface area contributed by atoms with Crippen molar-refractivity contribution in [3.63, 3.8) is 0 Å². The molecule has 4 rings (SSSR count). The standard InChI is InChI=1S/C23H32BN3O6/c1-21(2,3)31-20(29)26-11-15(12-26)27-13-16-17(24-32-22(4,5)23(6,7)33-24)9-14(19(28)30-8)10-18(16)25-27/h9-10,13,15H,11-12H2,1-8H3. The van der Waals surface area contributed by atoms with Crippen LogP contribution in [0, 0.1) is 0 Å². The molecule has 0 radical (unpaired) electrons. The van der Waals surface area contributed by atoms with Crippen molar-refractivity contribution < 1.29 is 28.4 Å². The first-order valence-corrected chi connectivity index (χ1v) is 11.2. The zero-order chi connectivity index (χ0) is 24.3. The van der Waals surface area contributed by atoms with Gasteiger partial charge in [0.05, 0.1) is 35.4 Å². The lowest BCUT2D eigenvalue weighted by Crippen LogP contribution is -2.52. The van der Waals surface area contributed by atoms with Gasteiger partial charge in [-0.3, -0.25) is 4.68 Å². The third kappa shape index (κ3) is 4.33. The smallest absolute Gasteiger partial charge is 0.465 e. The lowest BCUT2D eigenvalue weighted by Gasteiger charge is -2.39. The van der Waals surface area contributed by atoms with Crippen LogP contribution in [0.4, 0.5) is 4.79 Å². The number of amides is 1. The number of hydrogen-bond donors (Lipinski definition) is 0. The van der Waals surface area contributed by atoms with Gasteiger partial charge in [-0.05, 0) is 66.1 Å². The molecule has 0 atom stereocenters. The quantitative estimate of drug-likeness (QED) is 0.517. The lowest BCUT2D eigenvalue weighted by molar-refractivity contribution is -0.000311. The molecule has 0 N–H and O–H groups in total. The predicted octanol–water partition coefficient (Wildman–Crippen LogP) is 2.91. The van der Waals surface area contributed by atoms with Crippen LogP contribution in [0.2, 0.25) is 0 Å². The summed E-state index contributed by atoms with van der Waals surface area (Å²) < 4.78 is 24.7. The van der Waals surface area contributed by atoms with E-state index in [9.17, 15) is 9.59 Å². The van der Waals surface area contributed by atoms with E-state index in [1.807, 2.05) is 59.3 Å². The van der Waals surface area contributed by atoms with Crippen LogP contribution in [0.5, 0.6) is 0 Å². The SMILES string of the molecule is COC(=O)c1cc(B2OC(C)(C)C(C)(C)O2)c2cn(C3CN(C(=O)OC(C)(C)C)C3)nc2c1. The van der Waals surface area contributed by atoms with Crippen LogP contribution in [0.15, 0.2) is 18.3 Å². The second-order valence-corrected chi connectivity index (χ2v) is 10.7. The van der Waals surface area contributed by atoms with E-state index < -0.39 is 29.9 Å². The van der Waals surface area contributed by atoms with Crippen molar-refractivity contribution in [1.29, 1.82) is 0 Å². The molecule has 178 valence electrons. The Labute approximate surface area is 194 Å². The Kier molecular flexibility index (Phi) is 5.52. The highest BCUT2D eigenvalue weighted by molar-refractivity contribution is 6.65. The van der Waals surface area contributed by atoms with E-state index >= 15 is 0 Å². The molecule has 1 aromatic carbocycles. The van der Waals surface area contributed by atoms with Gasteiger partial charge >= 0.3 is 19.2 Å². The Balaban J connectivity index is 1.64. The van der Waals surface area contributed by atoms with Crippen molar-refractivity contribution in [3.8, 4) is 0 Å². The Morgan fingerprint density at radius 3 is 2.27 bits per heavy atom. The number of hydrogen-bond acceptors (Lipinski definition) is 7. The molecule has 0 aliphatic carbocycles. The maximum Gasteiger partial charge on any atom is 0.495 e. The predicted molar refractivity (Wildman–Crippen MR) is 124 cm³/mol. The number of carbonyl (C=O) groups excluding carboxylic acids is 2. The second-order valence-electron chi connectivity index (χ2n) is 10.7. The number of aromatic nitrogens is 2. The number of ether oxygens (including phenoxy) is 2. The van der Waals surface area contributed by atoms with Gasteiger partial charge in [-0.1, -0.05) is 0 Å². The molecule has 2 saturated heterocycles. The molecule has 10 heteroatoms. The van der Waals surface area contributed by atoms with Gasteiger partial charge in [0.2, 0.25) is 0 Å². The Morgan fingerprint density at radius 2 is 1.73 bits per heavy atom. The van der Waals surface area contributed by atoms with Crippen LogP contribution < -0.4 is 5.46 Å². The summed E-state index contributed by atoms with van der Waals surface area (Å²) in [5.74, 6) is -0.455. The summed E-state index contributed by atoms with van der Waals surface area (Å²) in [6.45, 7) is 14.5. The van der Waals surface area contributed by atoms with Crippen molar-refractivity contribution in [2.24, 2.45) is 0 Å². The van der Waals surface area contributed by atoms with Crippen LogP contribution >= 0.6 is 0 Å². The second kappa shape index (κ2) is 7.73. The first-order valence-electron chi connectivity index (χ1n) is 11.2. The molecule has 2 aliphatic rings. The summed E-state index contributed by atoms with van der Waals surface area (Å²) in [5, 5.41) is 5.53. The minimum atomic E-state index is -0.653. The van der Waals surface area contributed by atoms with Gasteiger partial charge in [-0.15, -0.1) is 0 Å². The number of benzene rings is 1. The van der Waals surface area contributed by atoms with Crippen molar-refractivity contribution in [2.45, 2.75) is 71.3 Å². The van der Waals surface area contributed by atoms with Gasteiger partial charge in [0.25, 0.3) is 0 Å². The first kappa shape index (κ1) is 23.6. The monoisotopic (exact) mass is 457 g/mol. The highest BCUT2D eigenvalue weighted by atomic mass is 16.7. The molecular weight excluding hydrogens is 425 g/mol. The molecule has 1 amide bonds. The van der Waals surface area contributed by atoms with Crippen molar-refractivity contribution in [1.82, 2.24) is 14.7 Å². The van der Waals surface area contributed by atoms with Crippen LogP contribution in [-0.2, 0) is 18.8 Å². The fourth-order valence-corrected chi connectivity index (χ4v) is 3.85. The van der Waals surface area contributed by atoms with Crippen LogP contribution in [0.3, 0.4) is 0 Å². The summed E-state index contributed by atoms with van der Waals surface area (Å²) in [6.07, 6.45) is 1.59. The summed E-state index contributed by atoms with van der Waals surface area (Å²) in [6, 6.07) is 3.46. The molecule has 0 bridgehead atoms. The van der Waals surface area contributed by atoms with Gasteiger partial charge in [0, 0.05) is 24.7 Å². The number of fused-ring (bicyclic) bond motifs is 1. The topological polar surface area (TPSA) is 92.1 Å². The van der Waals surface area contributed by atoms with Crippen molar-refractivity contribution in [3.05, 3.63) is 23.9 Å². The third-order valence-electron chi connectivity index (χ3n) is 6.49. The molecule has 33 heavy (non-hydrogen) atoms. The fourth-order valence-electron chi connectivity index (χ4n) is 3.85. The van der Waals surface area contributed by atoms with Gasteiger partial charge < -0.3 is 23.7 Å². The van der Waals surface area contributed by atoms with E-state index in [-0.39, 0.29) is 12.1 Å². The molecular formula is C23H32BN3O6. The van der Waals surface area contributed by atoms with Gasteiger partial charge in [-0.2, -0.15) is 5.10 Å². The number of likely N-dealkylation sites (tertiary alicyclic amines) is 1. The highest BCUT2D eigenvalue weighted by Gasteiger charge is 2.52. The normalized spacial score (nSPS) is 20.1. The molecule has 3 heterocycles. The number of esters is 1. The number of methoxy groups -OCH3 is 1. The van der Waals surface area contributed by atoms with Crippen LogP contribution in [0.25, 0.3) is 10.9 Å². The number of rotatable bonds is 3. The minimum absolute atomic E-state index is 0.0117. The molecule has 2 aliphatic heterocycles. The van der Waals surface area contributed by atoms with Gasteiger partial charge in [-0.25, -0.2) is 9.59 Å². The van der Waals surface area contributed by atoms with Crippen LogP contribution in [-0.4, -0.2) is 70.9 Å². The van der Waals surface area contributed by atoms with Gasteiger partial charge in [0.1, 0.15) is 5.60 Å². The summed E-state index contributed by atoms with van der Waals surface area (Å²) in [4.78, 5) is 26.3. The zero-order valence-corrected chi connectivity index (χ0v) is 20.6. The molecule has 9 nitrogen and oxygen atoms in total. The largest absolute Gasteiger partial charge is 0.495 e. The Hall–Kier alpha value is -2.59. The number of carbonyl (C=O) groups is 2. The van der Waals surface area contributed by atoms with E-state index in [2.05, 4.69) is 0 Å². The highest BCUT2D eigenvalue weighted by Crippen LogP contribution is 2.37. The number of nitrogens with zero attached hydrogens (tertiary/aromatic N) is 3. The van der Waals surface area contributed by atoms with Gasteiger partial charge in [0.15, 0.2) is 0 Å². The van der Waals surface area contributed by atoms with E-state index in [4.69, 9.17) is 23.9 Å². The third-order valence-corrected chi connectivity index (χ3v) is 6.49. The van der Waals surface area contributed by atoms with E-state index in [0.717, 1.165) is 10.8 Å². The van der Waals surface area contributed by atoms with Crippen molar-refractivity contribution >= 4 is 35.5 Å². The molecule has 1 aromatic heterocycles. The van der Waals surface area contributed by atoms with E-state index in [1.165, 1.54) is 7.11 Å². The minimum Gasteiger partial charge on any atom is -0.465 e. The molecule has 2 aromatic rings. The summed E-state index contributed by atoms with van der Waals surface area (Å²) >= 11 is 0. The summed E-state index contributed by atoms with van der Waals surface area (Å²) in [5.41, 5.74) is 0.153. The van der Waals surface area contributed by atoms with Crippen LogP contribution in [0.1, 0.15) is 64.9 Å². The maximum atomic E-state index is 12.3. The fraction of sp³-hybridized carbons (Fsp3) is 0.609. The molecule has 2 fully saturated rings. The Bertz CT molecular complexity index is 1080. The van der Waals surface area contributed by atoms with Crippen molar-refractivity contribution in [2.75, 3.05) is 20.2 Å². The lowest BCUT2D eigenvalue weighted by atomic mass is 9.76. The average molecular weight is 457 g/mol. The van der Waals surface area contributed by atoms with E-state index in [0.29, 0.717) is 24.2 Å².